The monoisotopic (exact) mass is 280 g/mol. The fraction of sp³-hybridized carbons (Fsp3) is 0.533. The number of halogens is 1. The summed E-state index contributed by atoms with van der Waals surface area (Å²) in [7, 11) is 3.79. The van der Waals surface area contributed by atoms with Crippen LogP contribution in [0.2, 0.25) is 0 Å². The van der Waals surface area contributed by atoms with E-state index in [1.165, 1.54) is 6.07 Å². The lowest BCUT2D eigenvalue weighted by atomic mass is 10.2. The van der Waals surface area contributed by atoms with Gasteiger partial charge in [0.05, 0.1) is 18.0 Å². The minimum absolute atomic E-state index is 0.265. The van der Waals surface area contributed by atoms with Crippen molar-refractivity contribution in [1.29, 1.82) is 0 Å². The Balaban J connectivity index is 2.27. The number of ether oxygens (including phenoxy) is 1. The molecule has 1 aromatic rings. The van der Waals surface area contributed by atoms with Gasteiger partial charge in [-0.15, -0.1) is 0 Å². The van der Waals surface area contributed by atoms with Gasteiger partial charge >= 0.3 is 0 Å². The lowest BCUT2D eigenvalue weighted by Gasteiger charge is -2.24. The van der Waals surface area contributed by atoms with Gasteiger partial charge in [-0.2, -0.15) is 0 Å². The van der Waals surface area contributed by atoms with Crippen LogP contribution >= 0.6 is 0 Å². The summed E-state index contributed by atoms with van der Waals surface area (Å²) in [6, 6.07) is 3.25. The molecule has 0 radical (unpaired) electrons. The molecule has 0 amide bonds. The smallest absolute Gasteiger partial charge is 0.150 e. The highest BCUT2D eigenvalue weighted by molar-refractivity contribution is 5.67. The Morgan fingerprint density at radius 1 is 1.35 bits per heavy atom. The van der Waals surface area contributed by atoms with Crippen LogP contribution in [0.25, 0.3) is 0 Å². The van der Waals surface area contributed by atoms with E-state index in [0.717, 1.165) is 37.9 Å². The van der Waals surface area contributed by atoms with Crippen molar-refractivity contribution in [3.8, 4) is 5.75 Å². The molecule has 1 aromatic carbocycles. The molecule has 1 fully saturated rings. The van der Waals surface area contributed by atoms with Crippen LogP contribution in [-0.2, 0) is 4.79 Å². The largest absolute Gasteiger partial charge is 0.491 e. The molecule has 2 rings (SSSR count). The van der Waals surface area contributed by atoms with E-state index >= 15 is 0 Å². The first-order chi connectivity index (χ1) is 9.63. The number of hydrogen-bond donors (Lipinski definition) is 0. The zero-order valence-electron chi connectivity index (χ0n) is 12.1. The lowest BCUT2D eigenvalue weighted by Crippen LogP contribution is -2.20. The molecule has 4 nitrogen and oxygen atoms in total. The second-order valence-corrected chi connectivity index (χ2v) is 5.16. The van der Waals surface area contributed by atoms with Crippen LogP contribution in [0.4, 0.5) is 15.8 Å². The molecule has 1 saturated heterocycles. The molecule has 0 aromatic heterocycles. The van der Waals surface area contributed by atoms with E-state index in [2.05, 4.69) is 4.90 Å². The van der Waals surface area contributed by atoms with Gasteiger partial charge in [-0.1, -0.05) is 0 Å². The molecule has 0 bridgehead atoms. The average Bonchev–Trinajstić information content (AvgIpc) is 2.92. The first kappa shape index (κ1) is 14.6. The average molecular weight is 280 g/mol. The lowest BCUT2D eigenvalue weighted by molar-refractivity contribution is -0.108. The molecule has 20 heavy (non-hydrogen) atoms. The normalized spacial score (nSPS) is 14.4. The first-order valence-corrected chi connectivity index (χ1v) is 6.95. The molecule has 0 N–H and O–H groups in total. The summed E-state index contributed by atoms with van der Waals surface area (Å²) in [5.74, 6) is 0.218. The van der Waals surface area contributed by atoms with Crippen molar-refractivity contribution in [1.82, 2.24) is 0 Å². The molecule has 0 aliphatic carbocycles. The highest BCUT2D eigenvalue weighted by atomic mass is 19.1. The Kier molecular flexibility index (Phi) is 4.82. The van der Waals surface area contributed by atoms with E-state index < -0.39 is 0 Å². The Hall–Kier alpha value is -1.78. The molecule has 1 aliphatic rings. The fourth-order valence-electron chi connectivity index (χ4n) is 2.42. The van der Waals surface area contributed by atoms with E-state index in [0.29, 0.717) is 17.9 Å². The molecular formula is C15H21FN2O2. The summed E-state index contributed by atoms with van der Waals surface area (Å²) in [6.07, 6.45) is 3.31. The Morgan fingerprint density at radius 2 is 2.05 bits per heavy atom. The summed E-state index contributed by atoms with van der Waals surface area (Å²) in [6.45, 7) is 2.07. The minimum Gasteiger partial charge on any atom is -0.491 e. The molecule has 0 spiro atoms. The zero-order valence-corrected chi connectivity index (χ0v) is 12.1. The van der Waals surface area contributed by atoms with Gasteiger partial charge in [0.2, 0.25) is 0 Å². The minimum atomic E-state index is -0.265. The van der Waals surface area contributed by atoms with Gasteiger partial charge < -0.3 is 19.3 Å². The summed E-state index contributed by atoms with van der Waals surface area (Å²) in [5.41, 5.74) is 1.47. The van der Waals surface area contributed by atoms with Crippen molar-refractivity contribution in [3.05, 3.63) is 17.9 Å². The molecule has 0 unspecified atom stereocenters. The van der Waals surface area contributed by atoms with E-state index in [1.54, 1.807) is 0 Å². The van der Waals surface area contributed by atoms with Gasteiger partial charge in [-0.05, 0) is 18.9 Å². The van der Waals surface area contributed by atoms with Gasteiger partial charge in [-0.25, -0.2) is 4.39 Å². The third-order valence-electron chi connectivity index (χ3n) is 3.45. The van der Waals surface area contributed by atoms with E-state index in [9.17, 15) is 9.18 Å². The number of carbonyl (C=O) groups excluding carboxylic acids is 1. The van der Waals surface area contributed by atoms with E-state index in [4.69, 9.17) is 4.74 Å². The van der Waals surface area contributed by atoms with Crippen molar-refractivity contribution >= 4 is 17.7 Å². The van der Waals surface area contributed by atoms with Crippen molar-refractivity contribution in [2.24, 2.45) is 0 Å². The predicted octanol–water partition coefficient (Wildman–Crippen LogP) is 2.46. The Morgan fingerprint density at radius 3 is 2.65 bits per heavy atom. The van der Waals surface area contributed by atoms with Crippen LogP contribution in [0.3, 0.4) is 0 Å². The number of rotatable bonds is 6. The number of anilines is 2. The van der Waals surface area contributed by atoms with Gasteiger partial charge in [0.15, 0.2) is 0 Å². The summed E-state index contributed by atoms with van der Waals surface area (Å²) in [5, 5.41) is 0. The van der Waals surface area contributed by atoms with E-state index in [-0.39, 0.29) is 12.4 Å². The molecule has 0 atom stereocenters. The molecule has 5 heteroatoms. The van der Waals surface area contributed by atoms with Crippen LogP contribution in [0, 0.1) is 5.82 Å². The Labute approximate surface area is 119 Å². The second kappa shape index (κ2) is 6.59. The molecule has 110 valence electrons. The zero-order chi connectivity index (χ0) is 14.5. The maximum atomic E-state index is 14.2. The maximum Gasteiger partial charge on any atom is 0.150 e. The van der Waals surface area contributed by atoms with Crippen molar-refractivity contribution in [2.75, 3.05) is 43.6 Å². The number of aldehydes is 1. The highest BCUT2D eigenvalue weighted by Crippen LogP contribution is 2.35. The van der Waals surface area contributed by atoms with Crippen LogP contribution in [0.5, 0.6) is 5.75 Å². The van der Waals surface area contributed by atoms with Gasteiger partial charge in [-0.3, -0.25) is 0 Å². The fourth-order valence-corrected chi connectivity index (χ4v) is 2.42. The third kappa shape index (κ3) is 3.21. The summed E-state index contributed by atoms with van der Waals surface area (Å²) < 4.78 is 19.8. The van der Waals surface area contributed by atoms with Crippen molar-refractivity contribution in [2.45, 2.75) is 19.3 Å². The molecule has 1 heterocycles. The quantitative estimate of drug-likeness (QED) is 0.592. The van der Waals surface area contributed by atoms with Crippen LogP contribution in [0.15, 0.2) is 12.1 Å². The standard InChI is InChI=1S/C15H21FN2O2/c1-17(2)14-11-13(18-6-3-4-7-18)12(16)10-15(14)20-9-5-8-19/h8,10-11H,3-7,9H2,1-2H3. The second-order valence-electron chi connectivity index (χ2n) is 5.16. The summed E-state index contributed by atoms with van der Waals surface area (Å²) in [4.78, 5) is 14.3. The van der Waals surface area contributed by atoms with Gasteiger partial charge in [0.1, 0.15) is 17.9 Å². The topological polar surface area (TPSA) is 32.8 Å². The van der Waals surface area contributed by atoms with Crippen LogP contribution in [-0.4, -0.2) is 40.1 Å². The SMILES string of the molecule is CN(C)c1cc(N2CCCC2)c(F)cc1OCCC=O. The number of nitrogens with zero attached hydrogens (tertiary/aromatic N) is 2. The Bertz CT molecular complexity index is 471. The molecule has 1 aliphatic heterocycles. The third-order valence-corrected chi connectivity index (χ3v) is 3.45. The van der Waals surface area contributed by atoms with Gasteiger partial charge in [0, 0.05) is 39.7 Å². The molecule has 0 saturated carbocycles. The molecular weight excluding hydrogens is 259 g/mol. The first-order valence-electron chi connectivity index (χ1n) is 6.95. The summed E-state index contributed by atoms with van der Waals surface area (Å²) >= 11 is 0. The number of hydrogen-bond acceptors (Lipinski definition) is 4. The van der Waals surface area contributed by atoms with E-state index in [1.807, 2.05) is 25.1 Å². The van der Waals surface area contributed by atoms with Gasteiger partial charge in [0.25, 0.3) is 0 Å². The van der Waals surface area contributed by atoms with Crippen molar-refractivity contribution in [3.63, 3.8) is 0 Å². The number of benzene rings is 1. The highest BCUT2D eigenvalue weighted by Gasteiger charge is 2.19. The predicted molar refractivity (Wildman–Crippen MR) is 78.4 cm³/mol. The number of carbonyl (C=O) groups is 1. The van der Waals surface area contributed by atoms with Crippen LogP contribution < -0.4 is 14.5 Å². The van der Waals surface area contributed by atoms with Crippen LogP contribution in [0.1, 0.15) is 19.3 Å². The van der Waals surface area contributed by atoms with Crippen molar-refractivity contribution < 1.29 is 13.9 Å². The maximum absolute atomic E-state index is 14.2.